The van der Waals surface area contributed by atoms with Crippen LogP contribution in [0.3, 0.4) is 0 Å². The van der Waals surface area contributed by atoms with E-state index in [2.05, 4.69) is 5.32 Å². The number of amides is 2. The molecule has 0 saturated carbocycles. The van der Waals surface area contributed by atoms with E-state index in [1.165, 1.54) is 0 Å². The lowest BCUT2D eigenvalue weighted by molar-refractivity contribution is -0.129. The van der Waals surface area contributed by atoms with Gasteiger partial charge in [0.2, 0.25) is 11.8 Å². The van der Waals surface area contributed by atoms with Crippen LogP contribution in [0.15, 0.2) is 66.0 Å². The van der Waals surface area contributed by atoms with Crippen LogP contribution in [-0.4, -0.2) is 18.9 Å². The van der Waals surface area contributed by atoms with Gasteiger partial charge in [-0.1, -0.05) is 48.0 Å². The van der Waals surface area contributed by atoms with Crippen molar-refractivity contribution in [3.8, 4) is 0 Å². The average molecular weight is 449 g/mol. The lowest BCUT2D eigenvalue weighted by Gasteiger charge is -2.40. The van der Waals surface area contributed by atoms with E-state index in [1.54, 1.807) is 18.4 Å². The van der Waals surface area contributed by atoms with Gasteiger partial charge in [-0.15, -0.1) is 11.3 Å². The van der Waals surface area contributed by atoms with Gasteiger partial charge in [0.05, 0.1) is 18.6 Å². The summed E-state index contributed by atoms with van der Waals surface area (Å²) in [5, 5.41) is 5.10. The minimum absolute atomic E-state index is 0.0195. The molecular formula is C26H28N2O3S. The van der Waals surface area contributed by atoms with Crippen molar-refractivity contribution in [2.75, 3.05) is 12.0 Å². The summed E-state index contributed by atoms with van der Waals surface area (Å²) in [6.07, 6.45) is 0.905. The van der Waals surface area contributed by atoms with Crippen LogP contribution in [0.25, 0.3) is 0 Å². The Morgan fingerprint density at radius 3 is 2.47 bits per heavy atom. The lowest BCUT2D eigenvalue weighted by Crippen LogP contribution is -2.48. The van der Waals surface area contributed by atoms with Gasteiger partial charge >= 0.3 is 0 Å². The molecule has 0 spiro atoms. The maximum atomic E-state index is 13.3. The van der Waals surface area contributed by atoms with Crippen molar-refractivity contribution in [1.82, 2.24) is 5.32 Å². The summed E-state index contributed by atoms with van der Waals surface area (Å²) < 4.78 is 5.15. The standard InChI is InChI=1S/C26H28N2O3S/c1-18-5-11-21(12-6-18)28-24(29)14-13-22(25(28)23-4-3-15-32-23)26(30)27-16-19-7-9-20(10-8-19)17-31-2/h3-12,15,22,25H,13-14,16-17H2,1-2H3,(H,27,30). The molecule has 1 saturated heterocycles. The zero-order chi connectivity index (χ0) is 22.5. The van der Waals surface area contributed by atoms with E-state index in [4.69, 9.17) is 4.74 Å². The molecule has 166 valence electrons. The number of rotatable bonds is 7. The maximum Gasteiger partial charge on any atom is 0.227 e. The Kier molecular flexibility index (Phi) is 7.02. The molecule has 1 fully saturated rings. The van der Waals surface area contributed by atoms with E-state index in [9.17, 15) is 9.59 Å². The fraction of sp³-hybridized carbons (Fsp3) is 0.308. The highest BCUT2D eigenvalue weighted by atomic mass is 32.1. The Hall–Kier alpha value is -2.96. The van der Waals surface area contributed by atoms with Gasteiger partial charge in [-0.05, 0) is 48.1 Å². The van der Waals surface area contributed by atoms with Gasteiger partial charge in [0.1, 0.15) is 0 Å². The highest BCUT2D eigenvalue weighted by Gasteiger charge is 2.41. The SMILES string of the molecule is COCc1ccc(CNC(=O)C2CCC(=O)N(c3ccc(C)cc3)C2c2cccs2)cc1. The number of aryl methyl sites for hydroxylation is 1. The second-order valence-electron chi connectivity index (χ2n) is 8.17. The van der Waals surface area contributed by atoms with Crippen LogP contribution in [0.4, 0.5) is 5.69 Å². The normalized spacial score (nSPS) is 18.6. The number of thiophene rings is 1. The number of ether oxygens (including phenoxy) is 1. The summed E-state index contributed by atoms with van der Waals surface area (Å²) in [6.45, 7) is 3.05. The van der Waals surface area contributed by atoms with Gasteiger partial charge in [-0.25, -0.2) is 0 Å². The molecule has 1 aromatic heterocycles. The van der Waals surface area contributed by atoms with Gasteiger partial charge in [0.25, 0.3) is 0 Å². The summed E-state index contributed by atoms with van der Waals surface area (Å²) in [4.78, 5) is 29.2. The number of hydrogen-bond donors (Lipinski definition) is 1. The largest absolute Gasteiger partial charge is 0.380 e. The minimum atomic E-state index is -0.305. The zero-order valence-corrected chi connectivity index (χ0v) is 19.2. The van der Waals surface area contributed by atoms with Gasteiger partial charge in [0, 0.05) is 30.6 Å². The number of hydrogen-bond acceptors (Lipinski definition) is 4. The predicted octanol–water partition coefficient (Wildman–Crippen LogP) is 5.00. The molecule has 2 atom stereocenters. The Balaban J connectivity index is 1.55. The van der Waals surface area contributed by atoms with Crippen molar-refractivity contribution in [2.45, 2.75) is 39.0 Å². The second kappa shape index (κ2) is 10.1. The van der Waals surface area contributed by atoms with E-state index in [0.29, 0.717) is 26.0 Å². The zero-order valence-electron chi connectivity index (χ0n) is 18.4. The van der Waals surface area contributed by atoms with Crippen LogP contribution in [0.1, 0.15) is 40.5 Å². The van der Waals surface area contributed by atoms with Gasteiger partial charge in [-0.3, -0.25) is 9.59 Å². The molecule has 0 bridgehead atoms. The number of methoxy groups -OCH3 is 1. The van der Waals surface area contributed by atoms with E-state index in [1.807, 2.05) is 77.9 Å². The topological polar surface area (TPSA) is 58.6 Å². The number of carbonyl (C=O) groups excluding carboxylic acids is 2. The Bertz CT molecular complexity index is 1050. The first-order valence-electron chi connectivity index (χ1n) is 10.8. The molecule has 0 aliphatic carbocycles. The van der Waals surface area contributed by atoms with Crippen molar-refractivity contribution in [2.24, 2.45) is 5.92 Å². The monoisotopic (exact) mass is 448 g/mol. The number of benzene rings is 2. The Morgan fingerprint density at radius 2 is 1.81 bits per heavy atom. The number of carbonyl (C=O) groups is 2. The highest BCUT2D eigenvalue weighted by Crippen LogP contribution is 2.41. The third-order valence-corrected chi connectivity index (χ3v) is 6.82. The van der Waals surface area contributed by atoms with E-state index in [0.717, 1.165) is 27.3 Å². The average Bonchev–Trinajstić information content (AvgIpc) is 3.34. The first-order valence-corrected chi connectivity index (χ1v) is 11.7. The summed E-state index contributed by atoms with van der Waals surface area (Å²) in [6, 6.07) is 19.7. The molecule has 2 heterocycles. The van der Waals surface area contributed by atoms with Gasteiger partial charge in [-0.2, -0.15) is 0 Å². The van der Waals surface area contributed by atoms with Gasteiger partial charge < -0.3 is 15.0 Å². The summed E-state index contributed by atoms with van der Waals surface area (Å²) in [5.41, 5.74) is 4.11. The van der Waals surface area contributed by atoms with Crippen molar-refractivity contribution < 1.29 is 14.3 Å². The number of anilines is 1. The lowest BCUT2D eigenvalue weighted by atomic mass is 9.86. The van der Waals surface area contributed by atoms with E-state index in [-0.39, 0.29) is 23.8 Å². The Morgan fingerprint density at radius 1 is 1.09 bits per heavy atom. The van der Waals surface area contributed by atoms with Crippen LogP contribution in [0.2, 0.25) is 0 Å². The quantitative estimate of drug-likeness (QED) is 0.553. The summed E-state index contributed by atoms with van der Waals surface area (Å²) in [5.74, 6) is -0.264. The molecule has 0 radical (unpaired) electrons. The van der Waals surface area contributed by atoms with Crippen molar-refractivity contribution in [1.29, 1.82) is 0 Å². The fourth-order valence-corrected chi connectivity index (χ4v) is 5.08. The number of nitrogens with one attached hydrogen (secondary N) is 1. The van der Waals surface area contributed by atoms with Crippen LogP contribution >= 0.6 is 11.3 Å². The highest BCUT2D eigenvalue weighted by molar-refractivity contribution is 7.10. The number of piperidine rings is 1. The smallest absolute Gasteiger partial charge is 0.227 e. The fourth-order valence-electron chi connectivity index (χ4n) is 4.20. The molecule has 1 aliphatic heterocycles. The van der Waals surface area contributed by atoms with E-state index < -0.39 is 0 Å². The molecule has 1 aliphatic rings. The molecule has 3 aromatic rings. The predicted molar refractivity (Wildman–Crippen MR) is 127 cm³/mol. The summed E-state index contributed by atoms with van der Waals surface area (Å²) in [7, 11) is 1.67. The van der Waals surface area contributed by atoms with Crippen LogP contribution in [0.5, 0.6) is 0 Å². The molecule has 1 N–H and O–H groups in total. The first kappa shape index (κ1) is 22.2. The van der Waals surface area contributed by atoms with Gasteiger partial charge in [0.15, 0.2) is 0 Å². The van der Waals surface area contributed by atoms with Crippen molar-refractivity contribution in [3.05, 3.63) is 87.6 Å². The van der Waals surface area contributed by atoms with Crippen molar-refractivity contribution in [3.63, 3.8) is 0 Å². The number of nitrogens with zero attached hydrogens (tertiary/aromatic N) is 1. The molecule has 6 heteroatoms. The maximum absolute atomic E-state index is 13.3. The van der Waals surface area contributed by atoms with E-state index >= 15 is 0 Å². The van der Waals surface area contributed by atoms with Crippen LogP contribution in [-0.2, 0) is 27.5 Å². The van der Waals surface area contributed by atoms with Crippen molar-refractivity contribution >= 4 is 28.8 Å². The summed E-state index contributed by atoms with van der Waals surface area (Å²) >= 11 is 1.59. The molecule has 2 aromatic carbocycles. The molecular weight excluding hydrogens is 420 g/mol. The molecule has 2 unspecified atom stereocenters. The first-order chi connectivity index (χ1) is 15.6. The molecule has 2 amide bonds. The second-order valence-corrected chi connectivity index (χ2v) is 9.15. The molecule has 5 nitrogen and oxygen atoms in total. The third-order valence-electron chi connectivity index (χ3n) is 5.88. The minimum Gasteiger partial charge on any atom is -0.380 e. The molecule has 32 heavy (non-hydrogen) atoms. The van der Waals surface area contributed by atoms with Crippen LogP contribution in [0, 0.1) is 12.8 Å². The third kappa shape index (κ3) is 4.92. The van der Waals surface area contributed by atoms with Crippen LogP contribution < -0.4 is 10.2 Å². The Labute approximate surface area is 193 Å². The molecule has 4 rings (SSSR count).